The Balaban J connectivity index is 1.92. The van der Waals surface area contributed by atoms with Crippen molar-refractivity contribution in [3.05, 3.63) is 11.1 Å². The smallest absolute Gasteiger partial charge is 0.355 e. The summed E-state index contributed by atoms with van der Waals surface area (Å²) in [7, 11) is 0. The molecule has 2 atom stereocenters. The van der Waals surface area contributed by atoms with E-state index >= 15 is 0 Å². The van der Waals surface area contributed by atoms with Crippen LogP contribution in [-0.4, -0.2) is 33.6 Å². The fourth-order valence-electron chi connectivity index (χ4n) is 1.90. The molecule has 2 unspecified atom stereocenters. The number of anilines is 1. The van der Waals surface area contributed by atoms with E-state index in [0.29, 0.717) is 6.04 Å². The van der Waals surface area contributed by atoms with Crippen LogP contribution >= 0.6 is 23.1 Å². The Morgan fingerprint density at radius 3 is 3.06 bits per heavy atom. The monoisotopic (exact) mass is 258 g/mol. The Bertz CT molecular complexity index is 381. The average Bonchev–Trinajstić information content (AvgIpc) is 2.87. The highest BCUT2D eigenvalue weighted by Crippen LogP contribution is 2.30. The summed E-state index contributed by atoms with van der Waals surface area (Å²) >= 11 is 3.27. The van der Waals surface area contributed by atoms with Crippen LogP contribution in [0.2, 0.25) is 0 Å². The largest absolute Gasteiger partial charge is 0.476 e. The molecule has 0 radical (unpaired) electrons. The van der Waals surface area contributed by atoms with Crippen LogP contribution in [0.25, 0.3) is 0 Å². The van der Waals surface area contributed by atoms with Crippen LogP contribution in [0.15, 0.2) is 5.38 Å². The standard InChI is InChI=1S/C10H14N2O2S2/c1-15-7-3-2-6(4-7)11-10-12-8(5-16-10)9(13)14/h5-7H,2-4H2,1H3,(H,11,12)(H,13,14). The second-order valence-electron chi connectivity index (χ2n) is 3.86. The highest BCUT2D eigenvalue weighted by Gasteiger charge is 2.24. The van der Waals surface area contributed by atoms with Crippen molar-refractivity contribution < 1.29 is 9.90 Å². The van der Waals surface area contributed by atoms with Crippen LogP contribution in [0.3, 0.4) is 0 Å². The van der Waals surface area contributed by atoms with Crippen molar-refractivity contribution in [2.24, 2.45) is 0 Å². The molecule has 88 valence electrons. The summed E-state index contributed by atoms with van der Waals surface area (Å²) in [6.45, 7) is 0. The summed E-state index contributed by atoms with van der Waals surface area (Å²) in [6.07, 6.45) is 5.66. The van der Waals surface area contributed by atoms with Gasteiger partial charge in [0.1, 0.15) is 0 Å². The fourth-order valence-corrected chi connectivity index (χ4v) is 3.46. The van der Waals surface area contributed by atoms with E-state index in [1.807, 2.05) is 11.8 Å². The molecule has 0 bridgehead atoms. The van der Waals surface area contributed by atoms with E-state index in [2.05, 4.69) is 16.6 Å². The van der Waals surface area contributed by atoms with Crippen molar-refractivity contribution in [2.75, 3.05) is 11.6 Å². The second kappa shape index (κ2) is 5.05. The highest BCUT2D eigenvalue weighted by atomic mass is 32.2. The Morgan fingerprint density at radius 2 is 2.50 bits per heavy atom. The molecule has 0 spiro atoms. The third kappa shape index (κ3) is 2.68. The van der Waals surface area contributed by atoms with Gasteiger partial charge in [-0.2, -0.15) is 11.8 Å². The molecule has 1 aliphatic rings. The zero-order chi connectivity index (χ0) is 11.5. The number of carboxylic acid groups (broad SMARTS) is 1. The Kier molecular flexibility index (Phi) is 3.70. The number of nitrogens with one attached hydrogen (secondary N) is 1. The SMILES string of the molecule is CSC1CCC(Nc2nc(C(=O)O)cs2)C1. The van der Waals surface area contributed by atoms with Crippen LogP contribution in [0.5, 0.6) is 0 Å². The van der Waals surface area contributed by atoms with E-state index in [0.717, 1.165) is 23.2 Å². The van der Waals surface area contributed by atoms with E-state index in [9.17, 15) is 4.79 Å². The number of aromatic nitrogens is 1. The molecule has 6 heteroatoms. The summed E-state index contributed by atoms with van der Waals surface area (Å²) < 4.78 is 0. The first kappa shape index (κ1) is 11.7. The molecule has 0 amide bonds. The van der Waals surface area contributed by atoms with Crippen molar-refractivity contribution in [3.63, 3.8) is 0 Å². The van der Waals surface area contributed by atoms with Gasteiger partial charge in [-0.3, -0.25) is 0 Å². The number of thiazole rings is 1. The molecule has 1 saturated carbocycles. The summed E-state index contributed by atoms with van der Waals surface area (Å²) in [5.74, 6) is -0.960. The van der Waals surface area contributed by atoms with Gasteiger partial charge in [-0.1, -0.05) is 0 Å². The summed E-state index contributed by atoms with van der Waals surface area (Å²) in [4.78, 5) is 14.7. The molecule has 16 heavy (non-hydrogen) atoms. The number of hydrogen-bond donors (Lipinski definition) is 2. The molecular formula is C10H14N2O2S2. The Hall–Kier alpha value is -0.750. The number of carbonyl (C=O) groups is 1. The molecule has 4 nitrogen and oxygen atoms in total. The van der Waals surface area contributed by atoms with Gasteiger partial charge in [0.2, 0.25) is 0 Å². The number of aromatic carboxylic acids is 1. The number of thioether (sulfide) groups is 1. The van der Waals surface area contributed by atoms with Gasteiger partial charge in [0.05, 0.1) is 0 Å². The fraction of sp³-hybridized carbons (Fsp3) is 0.600. The molecular weight excluding hydrogens is 244 g/mol. The first-order valence-corrected chi connectivity index (χ1v) is 7.34. The third-order valence-electron chi connectivity index (χ3n) is 2.77. The van der Waals surface area contributed by atoms with E-state index in [1.54, 1.807) is 5.38 Å². The third-order valence-corrected chi connectivity index (χ3v) is 4.64. The van der Waals surface area contributed by atoms with Crippen LogP contribution in [0.1, 0.15) is 29.8 Å². The van der Waals surface area contributed by atoms with Gasteiger partial charge in [0, 0.05) is 16.7 Å². The minimum absolute atomic E-state index is 0.131. The molecule has 1 fully saturated rings. The number of carboxylic acids is 1. The van der Waals surface area contributed by atoms with E-state index in [4.69, 9.17) is 5.11 Å². The molecule has 1 aromatic heterocycles. The predicted molar refractivity (Wildman–Crippen MR) is 67.6 cm³/mol. The van der Waals surface area contributed by atoms with Gasteiger partial charge < -0.3 is 10.4 Å². The average molecular weight is 258 g/mol. The molecule has 1 heterocycles. The quantitative estimate of drug-likeness (QED) is 0.869. The Morgan fingerprint density at radius 1 is 1.69 bits per heavy atom. The summed E-state index contributed by atoms with van der Waals surface area (Å²) in [6, 6.07) is 0.449. The van der Waals surface area contributed by atoms with Gasteiger partial charge in [-0.05, 0) is 25.5 Å². The van der Waals surface area contributed by atoms with Crippen molar-refractivity contribution >= 4 is 34.2 Å². The molecule has 2 rings (SSSR count). The lowest BCUT2D eigenvalue weighted by Gasteiger charge is -2.10. The molecule has 0 aromatic carbocycles. The van der Waals surface area contributed by atoms with Gasteiger partial charge in [-0.25, -0.2) is 9.78 Å². The molecule has 1 aromatic rings. The maximum atomic E-state index is 10.7. The zero-order valence-corrected chi connectivity index (χ0v) is 10.6. The van der Waals surface area contributed by atoms with E-state index < -0.39 is 5.97 Å². The number of nitrogens with zero attached hydrogens (tertiary/aromatic N) is 1. The van der Waals surface area contributed by atoms with Crippen LogP contribution in [0.4, 0.5) is 5.13 Å². The minimum atomic E-state index is -0.960. The first-order valence-electron chi connectivity index (χ1n) is 5.17. The maximum Gasteiger partial charge on any atom is 0.355 e. The maximum absolute atomic E-state index is 10.7. The Labute approximate surface area is 102 Å². The van der Waals surface area contributed by atoms with Crippen LogP contribution < -0.4 is 5.32 Å². The van der Waals surface area contributed by atoms with Crippen molar-refractivity contribution in [2.45, 2.75) is 30.6 Å². The molecule has 2 N–H and O–H groups in total. The van der Waals surface area contributed by atoms with Crippen LogP contribution in [-0.2, 0) is 0 Å². The highest BCUT2D eigenvalue weighted by molar-refractivity contribution is 7.99. The van der Waals surface area contributed by atoms with Gasteiger partial charge in [0.25, 0.3) is 0 Å². The lowest BCUT2D eigenvalue weighted by atomic mass is 10.3. The van der Waals surface area contributed by atoms with Gasteiger partial charge in [0.15, 0.2) is 10.8 Å². The normalized spacial score (nSPS) is 24.6. The van der Waals surface area contributed by atoms with E-state index in [1.165, 1.54) is 17.8 Å². The van der Waals surface area contributed by atoms with Crippen molar-refractivity contribution in [3.8, 4) is 0 Å². The lowest BCUT2D eigenvalue weighted by Crippen LogP contribution is -2.15. The lowest BCUT2D eigenvalue weighted by molar-refractivity contribution is 0.0691. The summed E-state index contributed by atoms with van der Waals surface area (Å²) in [5, 5.41) is 15.1. The minimum Gasteiger partial charge on any atom is -0.476 e. The van der Waals surface area contributed by atoms with Gasteiger partial charge in [-0.15, -0.1) is 11.3 Å². The van der Waals surface area contributed by atoms with Crippen LogP contribution in [0, 0.1) is 0 Å². The van der Waals surface area contributed by atoms with E-state index in [-0.39, 0.29) is 5.69 Å². The number of hydrogen-bond acceptors (Lipinski definition) is 5. The summed E-state index contributed by atoms with van der Waals surface area (Å²) in [5.41, 5.74) is 0.131. The van der Waals surface area contributed by atoms with Crippen molar-refractivity contribution in [1.29, 1.82) is 0 Å². The second-order valence-corrected chi connectivity index (χ2v) is 5.85. The topological polar surface area (TPSA) is 62.2 Å². The molecule has 1 aliphatic carbocycles. The first-order chi connectivity index (χ1) is 7.69. The number of rotatable bonds is 4. The predicted octanol–water partition coefficient (Wildman–Crippen LogP) is 2.54. The zero-order valence-electron chi connectivity index (χ0n) is 8.97. The van der Waals surface area contributed by atoms with Gasteiger partial charge >= 0.3 is 5.97 Å². The molecule has 0 saturated heterocycles. The van der Waals surface area contributed by atoms with Crippen molar-refractivity contribution in [1.82, 2.24) is 4.98 Å². The molecule has 0 aliphatic heterocycles.